The molecule has 0 saturated carbocycles. The van der Waals surface area contributed by atoms with Gasteiger partial charge in [-0.15, -0.1) is 0 Å². The third-order valence-electron chi connectivity index (χ3n) is 4.10. The van der Waals surface area contributed by atoms with Gasteiger partial charge in [0.2, 0.25) is 0 Å². The number of nitrogens with zero attached hydrogens (tertiary/aromatic N) is 2. The summed E-state index contributed by atoms with van der Waals surface area (Å²) in [5.74, 6) is -3.96. The zero-order chi connectivity index (χ0) is 16.8. The van der Waals surface area contributed by atoms with E-state index in [-0.39, 0.29) is 10.9 Å². The standard InChI is InChI=1S/C18H12F3N3/c1-2-9-3-4-13-14(5-9)24-15(8-22-13)11-7-23-18-10(11)6-12(19)16(20)17(18)21/h3-8,23H,2H2,1H3. The van der Waals surface area contributed by atoms with Crippen LogP contribution in [0.4, 0.5) is 13.2 Å². The summed E-state index contributed by atoms with van der Waals surface area (Å²) in [4.78, 5) is 11.5. The third-order valence-corrected chi connectivity index (χ3v) is 4.10. The molecule has 0 unspecified atom stereocenters. The Morgan fingerprint density at radius 1 is 1.04 bits per heavy atom. The van der Waals surface area contributed by atoms with Crippen LogP contribution < -0.4 is 0 Å². The molecular weight excluding hydrogens is 315 g/mol. The van der Waals surface area contributed by atoms with Crippen LogP contribution in [0.5, 0.6) is 0 Å². The Morgan fingerprint density at radius 3 is 2.67 bits per heavy atom. The molecule has 6 heteroatoms. The van der Waals surface area contributed by atoms with E-state index >= 15 is 0 Å². The fraction of sp³-hybridized carbons (Fsp3) is 0.111. The van der Waals surface area contributed by atoms with Gasteiger partial charge < -0.3 is 4.98 Å². The van der Waals surface area contributed by atoms with Gasteiger partial charge in [0.15, 0.2) is 17.5 Å². The molecule has 4 rings (SSSR count). The monoisotopic (exact) mass is 327 g/mol. The topological polar surface area (TPSA) is 41.6 Å². The summed E-state index contributed by atoms with van der Waals surface area (Å²) in [6.07, 6.45) is 3.88. The van der Waals surface area contributed by atoms with E-state index in [2.05, 4.69) is 15.0 Å². The van der Waals surface area contributed by atoms with Gasteiger partial charge in [0.1, 0.15) is 0 Å². The van der Waals surface area contributed by atoms with Crippen LogP contribution in [0.2, 0.25) is 0 Å². The molecule has 0 aliphatic heterocycles. The van der Waals surface area contributed by atoms with Crippen LogP contribution in [0.25, 0.3) is 33.2 Å². The van der Waals surface area contributed by atoms with Crippen molar-refractivity contribution in [1.29, 1.82) is 0 Å². The lowest BCUT2D eigenvalue weighted by Crippen LogP contribution is -1.92. The molecule has 2 heterocycles. The Hall–Kier alpha value is -2.89. The smallest absolute Gasteiger partial charge is 0.196 e. The van der Waals surface area contributed by atoms with Gasteiger partial charge in [-0.05, 0) is 30.2 Å². The fourth-order valence-corrected chi connectivity index (χ4v) is 2.79. The number of aromatic nitrogens is 3. The largest absolute Gasteiger partial charge is 0.358 e. The molecule has 0 saturated heterocycles. The van der Waals surface area contributed by atoms with E-state index in [1.807, 2.05) is 25.1 Å². The van der Waals surface area contributed by atoms with Crippen LogP contribution in [0.3, 0.4) is 0 Å². The second-order valence-electron chi connectivity index (χ2n) is 5.54. The zero-order valence-electron chi connectivity index (χ0n) is 12.7. The van der Waals surface area contributed by atoms with Crippen LogP contribution in [0.15, 0.2) is 36.7 Å². The van der Waals surface area contributed by atoms with Crippen LogP contribution in [-0.4, -0.2) is 15.0 Å². The van der Waals surface area contributed by atoms with E-state index in [4.69, 9.17) is 0 Å². The maximum Gasteiger partial charge on any atom is 0.196 e. The lowest BCUT2D eigenvalue weighted by molar-refractivity contribution is 0.453. The van der Waals surface area contributed by atoms with Gasteiger partial charge in [0.05, 0.1) is 28.4 Å². The molecule has 0 atom stereocenters. The van der Waals surface area contributed by atoms with Gasteiger partial charge in [0, 0.05) is 17.1 Å². The molecule has 1 N–H and O–H groups in total. The quantitative estimate of drug-likeness (QED) is 0.539. The lowest BCUT2D eigenvalue weighted by Gasteiger charge is -2.04. The first kappa shape index (κ1) is 14.7. The molecule has 0 aliphatic rings. The van der Waals surface area contributed by atoms with E-state index in [1.54, 1.807) is 0 Å². The number of rotatable bonds is 2. The van der Waals surface area contributed by atoms with Crippen molar-refractivity contribution in [2.45, 2.75) is 13.3 Å². The molecule has 2 aromatic heterocycles. The maximum absolute atomic E-state index is 13.9. The van der Waals surface area contributed by atoms with E-state index in [9.17, 15) is 13.2 Å². The van der Waals surface area contributed by atoms with Gasteiger partial charge in [0.25, 0.3) is 0 Å². The fourth-order valence-electron chi connectivity index (χ4n) is 2.79. The van der Waals surface area contributed by atoms with Crippen molar-refractivity contribution in [2.75, 3.05) is 0 Å². The number of benzene rings is 2. The molecule has 3 nitrogen and oxygen atoms in total. The van der Waals surface area contributed by atoms with Crippen LogP contribution in [0.1, 0.15) is 12.5 Å². The SMILES string of the molecule is CCc1ccc2ncc(-c3c[nH]c4c(F)c(F)c(F)cc34)nc2c1. The predicted octanol–water partition coefficient (Wildman–Crippen LogP) is 4.76. The van der Waals surface area contributed by atoms with Gasteiger partial charge in [-0.2, -0.15) is 0 Å². The molecule has 0 aliphatic carbocycles. The molecule has 4 aromatic rings. The second-order valence-corrected chi connectivity index (χ2v) is 5.54. The molecule has 0 amide bonds. The number of nitrogens with one attached hydrogen (secondary N) is 1. The molecule has 0 radical (unpaired) electrons. The number of fused-ring (bicyclic) bond motifs is 2. The van der Waals surface area contributed by atoms with Crippen molar-refractivity contribution in [2.24, 2.45) is 0 Å². The van der Waals surface area contributed by atoms with E-state index < -0.39 is 17.5 Å². The highest BCUT2D eigenvalue weighted by Gasteiger charge is 2.18. The highest BCUT2D eigenvalue weighted by Crippen LogP contribution is 2.31. The minimum atomic E-state index is -1.49. The Balaban J connectivity index is 1.95. The highest BCUT2D eigenvalue weighted by molar-refractivity contribution is 5.95. The summed E-state index contributed by atoms with van der Waals surface area (Å²) in [6.45, 7) is 2.04. The minimum absolute atomic E-state index is 0.0897. The van der Waals surface area contributed by atoms with E-state index in [1.165, 1.54) is 12.4 Å². The zero-order valence-corrected chi connectivity index (χ0v) is 12.7. The summed E-state index contributed by atoms with van der Waals surface area (Å²) in [5, 5.41) is 0.228. The van der Waals surface area contributed by atoms with Crippen molar-refractivity contribution in [3.05, 3.63) is 59.7 Å². The third kappa shape index (κ3) is 2.14. The molecule has 0 bridgehead atoms. The average molecular weight is 327 g/mol. The average Bonchev–Trinajstić information content (AvgIpc) is 3.02. The van der Waals surface area contributed by atoms with Crippen LogP contribution in [-0.2, 0) is 6.42 Å². The van der Waals surface area contributed by atoms with Crippen molar-refractivity contribution in [3.8, 4) is 11.3 Å². The molecule has 120 valence electrons. The van der Waals surface area contributed by atoms with E-state index in [0.717, 1.165) is 23.6 Å². The Labute approximate surface area is 135 Å². The van der Waals surface area contributed by atoms with Crippen LogP contribution in [0, 0.1) is 17.5 Å². The first-order chi connectivity index (χ1) is 11.6. The van der Waals surface area contributed by atoms with Gasteiger partial charge in [-0.25, -0.2) is 18.2 Å². The van der Waals surface area contributed by atoms with Crippen molar-refractivity contribution in [1.82, 2.24) is 15.0 Å². The maximum atomic E-state index is 13.9. The predicted molar refractivity (Wildman–Crippen MR) is 86.1 cm³/mol. The number of aromatic amines is 1. The minimum Gasteiger partial charge on any atom is -0.358 e. The van der Waals surface area contributed by atoms with Gasteiger partial charge >= 0.3 is 0 Å². The molecule has 2 aromatic carbocycles. The molecule has 0 fully saturated rings. The summed E-state index contributed by atoms with van der Waals surface area (Å²) in [5.41, 5.74) is 3.40. The van der Waals surface area contributed by atoms with Crippen molar-refractivity contribution < 1.29 is 13.2 Å². The number of H-pyrrole nitrogens is 1. The normalized spacial score (nSPS) is 11.5. The van der Waals surface area contributed by atoms with Crippen molar-refractivity contribution in [3.63, 3.8) is 0 Å². The van der Waals surface area contributed by atoms with Gasteiger partial charge in [-0.3, -0.25) is 4.98 Å². The van der Waals surface area contributed by atoms with Gasteiger partial charge in [-0.1, -0.05) is 13.0 Å². The lowest BCUT2D eigenvalue weighted by atomic mass is 10.1. The summed E-state index contributed by atoms with van der Waals surface area (Å²) in [7, 11) is 0. The first-order valence-electron chi connectivity index (χ1n) is 7.49. The van der Waals surface area contributed by atoms with Crippen LogP contribution >= 0.6 is 0 Å². The Kier molecular flexibility index (Phi) is 3.26. The molecule has 0 spiro atoms. The number of hydrogen-bond acceptors (Lipinski definition) is 2. The Bertz CT molecular complexity index is 1090. The number of hydrogen-bond donors (Lipinski definition) is 1. The second kappa shape index (κ2) is 5.33. The first-order valence-corrected chi connectivity index (χ1v) is 7.49. The number of aryl methyl sites for hydroxylation is 1. The Morgan fingerprint density at radius 2 is 1.88 bits per heavy atom. The summed E-state index contributed by atoms with van der Waals surface area (Å²) in [6, 6.07) is 6.76. The highest BCUT2D eigenvalue weighted by atomic mass is 19.2. The molecule has 24 heavy (non-hydrogen) atoms. The molecular formula is C18H12F3N3. The number of halogens is 3. The summed E-state index contributed by atoms with van der Waals surface area (Å²) >= 11 is 0. The van der Waals surface area contributed by atoms with Crippen molar-refractivity contribution >= 4 is 21.9 Å². The summed E-state index contributed by atoms with van der Waals surface area (Å²) < 4.78 is 40.8. The van der Waals surface area contributed by atoms with E-state index in [0.29, 0.717) is 16.8 Å².